The predicted molar refractivity (Wildman–Crippen MR) is 139 cm³/mol. The van der Waals surface area contributed by atoms with Gasteiger partial charge in [0.25, 0.3) is 0 Å². The number of aryl methyl sites for hydroxylation is 6. The number of aromatic nitrogens is 6. The van der Waals surface area contributed by atoms with E-state index in [9.17, 15) is 0 Å². The van der Waals surface area contributed by atoms with Gasteiger partial charge >= 0.3 is 0 Å². The quantitative estimate of drug-likeness (QED) is 0.283. The molecule has 3 aromatic carbocycles. The Morgan fingerprint density at radius 3 is 1.06 bits per heavy atom. The fourth-order valence-corrected chi connectivity index (χ4v) is 5.04. The number of hydrogen-bond acceptors (Lipinski definition) is 4. The zero-order valence-electron chi connectivity index (χ0n) is 20.3. The van der Waals surface area contributed by atoms with Gasteiger partial charge in [0.2, 0.25) is 0 Å². The molecule has 3 heterocycles. The molecule has 0 bridgehead atoms. The van der Waals surface area contributed by atoms with Gasteiger partial charge in [-0.3, -0.25) is 0 Å². The molecule has 0 saturated carbocycles. The summed E-state index contributed by atoms with van der Waals surface area (Å²) in [6.45, 7) is 12.4. The molecule has 0 saturated heterocycles. The molecule has 34 heavy (non-hydrogen) atoms. The Hall–Kier alpha value is -4.13. The highest BCUT2D eigenvalue weighted by atomic mass is 15.2. The number of hydrogen-bond donors (Lipinski definition) is 3. The summed E-state index contributed by atoms with van der Waals surface area (Å²) in [7, 11) is 0. The van der Waals surface area contributed by atoms with Gasteiger partial charge in [-0.1, -0.05) is 18.2 Å². The van der Waals surface area contributed by atoms with Crippen LogP contribution in [0.1, 0.15) is 34.2 Å². The van der Waals surface area contributed by atoms with Crippen molar-refractivity contribution in [2.24, 2.45) is 0 Å². The van der Waals surface area contributed by atoms with Gasteiger partial charge in [0.05, 0.1) is 33.6 Å². The number of nitrogens with one attached hydrogen (secondary N) is 3. The van der Waals surface area contributed by atoms with E-state index in [0.717, 1.165) is 84.3 Å². The van der Waals surface area contributed by atoms with E-state index in [4.69, 9.17) is 15.0 Å². The van der Waals surface area contributed by atoms with E-state index in [0.29, 0.717) is 0 Å². The molecular formula is C27H27N7. The van der Waals surface area contributed by atoms with Crippen molar-refractivity contribution >= 4 is 50.2 Å². The molecule has 0 aliphatic carbocycles. The fourth-order valence-electron chi connectivity index (χ4n) is 5.04. The summed E-state index contributed by atoms with van der Waals surface area (Å²) < 4.78 is 0. The fraction of sp³-hybridized carbons (Fsp3) is 0.222. The molecule has 170 valence electrons. The predicted octanol–water partition coefficient (Wildman–Crippen LogP) is 6.64. The third-order valence-corrected chi connectivity index (χ3v) is 6.51. The van der Waals surface area contributed by atoms with Crippen molar-refractivity contribution in [3.63, 3.8) is 0 Å². The number of anilines is 3. The van der Waals surface area contributed by atoms with Gasteiger partial charge in [0.15, 0.2) is 0 Å². The summed E-state index contributed by atoms with van der Waals surface area (Å²) in [5.41, 5.74) is 12.3. The van der Waals surface area contributed by atoms with Crippen molar-refractivity contribution in [3.05, 3.63) is 70.6 Å². The van der Waals surface area contributed by atoms with Gasteiger partial charge in [0.1, 0.15) is 34.0 Å². The number of aromatic amines is 3. The topological polar surface area (TPSA) is 89.3 Å². The molecule has 0 unspecified atom stereocenters. The number of nitrogens with zero attached hydrogens (tertiary/aromatic N) is 4. The van der Waals surface area contributed by atoms with Crippen molar-refractivity contribution < 1.29 is 0 Å². The molecule has 0 aliphatic heterocycles. The van der Waals surface area contributed by atoms with Crippen molar-refractivity contribution in [1.82, 2.24) is 29.9 Å². The number of imidazole rings is 3. The van der Waals surface area contributed by atoms with E-state index < -0.39 is 0 Å². The first-order valence-corrected chi connectivity index (χ1v) is 11.5. The molecule has 3 aromatic heterocycles. The van der Waals surface area contributed by atoms with Crippen LogP contribution in [0.4, 0.5) is 17.1 Å². The number of H-pyrrole nitrogens is 3. The Morgan fingerprint density at radius 1 is 0.471 bits per heavy atom. The minimum absolute atomic E-state index is 0.887. The monoisotopic (exact) mass is 449 g/mol. The van der Waals surface area contributed by atoms with E-state index >= 15 is 0 Å². The molecule has 7 nitrogen and oxygen atoms in total. The Balaban J connectivity index is 1.83. The highest BCUT2D eigenvalue weighted by Gasteiger charge is 2.27. The Bertz CT molecular complexity index is 1530. The van der Waals surface area contributed by atoms with E-state index in [1.165, 1.54) is 0 Å². The average molecular weight is 450 g/mol. The molecule has 0 fully saturated rings. The molecule has 6 rings (SSSR count). The normalized spacial score (nSPS) is 11.8. The summed E-state index contributed by atoms with van der Waals surface area (Å²) in [6, 6.07) is 12.8. The van der Waals surface area contributed by atoms with Gasteiger partial charge in [-0.25, -0.2) is 15.0 Å². The van der Waals surface area contributed by atoms with Crippen molar-refractivity contribution in [1.29, 1.82) is 0 Å². The molecule has 0 amide bonds. The molecule has 0 atom stereocenters. The molecule has 3 N–H and O–H groups in total. The smallest absolute Gasteiger partial charge is 0.113 e. The van der Waals surface area contributed by atoms with E-state index in [1.807, 2.05) is 20.8 Å². The van der Waals surface area contributed by atoms with Crippen molar-refractivity contribution in [3.8, 4) is 0 Å². The van der Waals surface area contributed by atoms with Crippen LogP contribution in [0.15, 0.2) is 36.4 Å². The Labute approximate surface area is 197 Å². The lowest BCUT2D eigenvalue weighted by atomic mass is 10.0. The van der Waals surface area contributed by atoms with Crippen LogP contribution in [0.3, 0.4) is 0 Å². The van der Waals surface area contributed by atoms with Crippen LogP contribution >= 0.6 is 0 Å². The summed E-state index contributed by atoms with van der Waals surface area (Å²) in [5, 5.41) is 0. The maximum Gasteiger partial charge on any atom is 0.113 e. The van der Waals surface area contributed by atoms with E-state index in [1.54, 1.807) is 0 Å². The zero-order chi connectivity index (χ0) is 23.7. The molecule has 0 radical (unpaired) electrons. The molecule has 0 spiro atoms. The lowest BCUT2D eigenvalue weighted by molar-refractivity contribution is 1.16. The van der Waals surface area contributed by atoms with Crippen LogP contribution in [-0.4, -0.2) is 29.9 Å². The second kappa shape index (κ2) is 7.18. The second-order valence-electron chi connectivity index (χ2n) is 9.18. The van der Waals surface area contributed by atoms with Crippen LogP contribution in [0, 0.1) is 41.5 Å². The lowest BCUT2D eigenvalue weighted by Gasteiger charge is -2.30. The SMILES string of the molecule is Cc1nc2c(N(c3c(C)ccc4[nH]c(C)nc34)c3c(C)ccc4[nH]c(C)nc34)c(C)ccc2[nH]1. The maximum absolute atomic E-state index is 4.92. The van der Waals surface area contributed by atoms with Crippen LogP contribution in [-0.2, 0) is 0 Å². The first kappa shape index (κ1) is 20.5. The van der Waals surface area contributed by atoms with E-state index in [2.05, 4.69) is 77.0 Å². The largest absolute Gasteiger partial charge is 0.342 e. The number of rotatable bonds is 3. The minimum Gasteiger partial charge on any atom is -0.342 e. The lowest BCUT2D eigenvalue weighted by Crippen LogP contribution is -2.16. The number of fused-ring (bicyclic) bond motifs is 3. The summed E-state index contributed by atoms with van der Waals surface area (Å²) >= 11 is 0. The summed E-state index contributed by atoms with van der Waals surface area (Å²) in [6.07, 6.45) is 0. The summed E-state index contributed by atoms with van der Waals surface area (Å²) in [5.74, 6) is 2.66. The molecule has 7 heteroatoms. The van der Waals surface area contributed by atoms with Crippen molar-refractivity contribution in [2.45, 2.75) is 41.5 Å². The third-order valence-electron chi connectivity index (χ3n) is 6.51. The van der Waals surface area contributed by atoms with Gasteiger partial charge in [0, 0.05) is 0 Å². The van der Waals surface area contributed by atoms with Crippen molar-refractivity contribution in [2.75, 3.05) is 4.90 Å². The van der Waals surface area contributed by atoms with Gasteiger partial charge in [-0.2, -0.15) is 0 Å². The zero-order valence-corrected chi connectivity index (χ0v) is 20.3. The van der Waals surface area contributed by atoms with Crippen LogP contribution < -0.4 is 4.90 Å². The van der Waals surface area contributed by atoms with Gasteiger partial charge in [-0.05, 0) is 76.4 Å². The summed E-state index contributed by atoms with van der Waals surface area (Å²) in [4.78, 5) is 27.3. The third kappa shape index (κ3) is 2.93. The Morgan fingerprint density at radius 2 is 0.765 bits per heavy atom. The Kier molecular flexibility index (Phi) is 4.33. The first-order valence-electron chi connectivity index (χ1n) is 11.5. The van der Waals surface area contributed by atoms with Gasteiger partial charge < -0.3 is 19.9 Å². The van der Waals surface area contributed by atoms with Crippen LogP contribution in [0.25, 0.3) is 33.1 Å². The minimum atomic E-state index is 0.887. The highest BCUT2D eigenvalue weighted by molar-refractivity contribution is 6.07. The average Bonchev–Trinajstić information content (AvgIpc) is 3.46. The van der Waals surface area contributed by atoms with Gasteiger partial charge in [-0.15, -0.1) is 0 Å². The maximum atomic E-state index is 4.92. The van der Waals surface area contributed by atoms with Crippen LogP contribution in [0.2, 0.25) is 0 Å². The number of benzene rings is 3. The second-order valence-corrected chi connectivity index (χ2v) is 9.18. The highest BCUT2D eigenvalue weighted by Crippen LogP contribution is 2.47. The van der Waals surface area contributed by atoms with Crippen LogP contribution in [0.5, 0.6) is 0 Å². The first-order chi connectivity index (χ1) is 16.3. The van der Waals surface area contributed by atoms with E-state index in [-0.39, 0.29) is 0 Å². The molecule has 6 aromatic rings. The molecule has 0 aliphatic rings. The standard InChI is InChI=1S/C27H27N7/c1-13-7-10-19-22(31-16(4)28-19)25(13)34(26-14(2)8-11-20-23(26)32-17(5)29-20)27-15(3)9-12-21-24(27)33-18(6)30-21/h7-12H,1-6H3,(H,28,31)(H,29,32)(H,30,33). The molecular weight excluding hydrogens is 422 g/mol.